The average molecular weight is 187 g/mol. The van der Waals surface area contributed by atoms with Crippen molar-refractivity contribution in [2.24, 2.45) is 5.73 Å². The number of nitrogens with one attached hydrogen (secondary N) is 1. The molecule has 0 spiro atoms. The van der Waals surface area contributed by atoms with E-state index >= 15 is 0 Å². The molecule has 3 N–H and O–H groups in total. The first-order valence-electron chi connectivity index (χ1n) is 4.42. The molecule has 0 saturated carbocycles. The Hall–Kier alpha value is -0.810. The third-order valence-corrected chi connectivity index (χ3v) is 2.24. The van der Waals surface area contributed by atoms with Crippen LogP contribution >= 0.6 is 0 Å². The van der Waals surface area contributed by atoms with Gasteiger partial charge in [-0.1, -0.05) is 0 Å². The van der Waals surface area contributed by atoms with Crippen LogP contribution in [-0.4, -0.2) is 49.9 Å². The van der Waals surface area contributed by atoms with Gasteiger partial charge in [-0.25, -0.2) is 0 Å². The summed E-state index contributed by atoms with van der Waals surface area (Å²) in [5, 5.41) is 7.27. The Kier molecular flexibility index (Phi) is 3.50. The Morgan fingerprint density at radius 1 is 1.54 bits per heavy atom. The highest BCUT2D eigenvalue weighted by molar-refractivity contribution is 5.75. The summed E-state index contributed by atoms with van der Waals surface area (Å²) < 4.78 is 10.7. The number of guanidine groups is 1. The van der Waals surface area contributed by atoms with Crippen LogP contribution in [0.25, 0.3) is 0 Å². The first-order chi connectivity index (χ1) is 6.19. The number of hydrogen-bond acceptors (Lipinski definition) is 3. The maximum atomic E-state index is 7.27. The summed E-state index contributed by atoms with van der Waals surface area (Å²) in [4.78, 5) is 1.76. The molecular weight excluding hydrogens is 170 g/mol. The Morgan fingerprint density at radius 2 is 2.15 bits per heavy atom. The molecule has 1 saturated heterocycles. The summed E-state index contributed by atoms with van der Waals surface area (Å²) in [6.45, 7) is 3.91. The van der Waals surface area contributed by atoms with E-state index in [-0.39, 0.29) is 18.2 Å². The number of nitrogens with zero attached hydrogens (tertiary/aromatic N) is 1. The lowest BCUT2D eigenvalue weighted by molar-refractivity contribution is -0.0233. The highest BCUT2D eigenvalue weighted by Gasteiger charge is 2.33. The molecule has 76 valence electrons. The molecule has 0 aromatic rings. The minimum atomic E-state index is 0.0313. The quantitative estimate of drug-likeness (QED) is 0.466. The van der Waals surface area contributed by atoms with Gasteiger partial charge in [-0.3, -0.25) is 5.41 Å². The minimum Gasteiger partial charge on any atom is -0.377 e. The zero-order valence-electron chi connectivity index (χ0n) is 8.12. The molecule has 13 heavy (non-hydrogen) atoms. The predicted octanol–water partition coefficient (Wildman–Crippen LogP) is -0.384. The predicted molar refractivity (Wildman–Crippen MR) is 49.7 cm³/mol. The number of ether oxygens (including phenoxy) is 2. The average Bonchev–Trinajstić information content (AvgIpc) is 2.48. The molecule has 0 aliphatic carbocycles. The first-order valence-corrected chi connectivity index (χ1v) is 4.42. The molecule has 1 aliphatic heterocycles. The molecule has 2 atom stereocenters. The van der Waals surface area contributed by atoms with Gasteiger partial charge >= 0.3 is 0 Å². The monoisotopic (exact) mass is 187 g/mol. The Balaban J connectivity index is 2.50. The van der Waals surface area contributed by atoms with Crippen LogP contribution in [0.5, 0.6) is 0 Å². The van der Waals surface area contributed by atoms with Crippen LogP contribution in [0, 0.1) is 5.41 Å². The molecule has 1 aliphatic rings. The molecule has 1 rings (SSSR count). The lowest BCUT2D eigenvalue weighted by Gasteiger charge is -2.15. The standard InChI is InChI=1S/C8H17N3O2/c1-3-13-7-5-11(8(9)10)4-6(7)12-2/h6-7H,3-5H2,1-2H3,(H3,9,10). The molecule has 2 unspecified atom stereocenters. The van der Waals surface area contributed by atoms with E-state index < -0.39 is 0 Å². The van der Waals surface area contributed by atoms with Crippen LogP contribution in [0.1, 0.15) is 6.92 Å². The molecule has 0 bridgehead atoms. The fourth-order valence-electron chi connectivity index (χ4n) is 1.54. The Labute approximate surface area is 78.3 Å². The lowest BCUT2D eigenvalue weighted by Crippen LogP contribution is -2.35. The smallest absolute Gasteiger partial charge is 0.188 e. The van der Waals surface area contributed by atoms with Crippen molar-refractivity contribution in [3.05, 3.63) is 0 Å². The first kappa shape index (κ1) is 10.3. The largest absolute Gasteiger partial charge is 0.377 e. The molecule has 1 heterocycles. The van der Waals surface area contributed by atoms with Gasteiger partial charge in [0.15, 0.2) is 5.96 Å². The summed E-state index contributed by atoms with van der Waals surface area (Å²) in [5.74, 6) is 0.0873. The SMILES string of the molecule is CCOC1CN(C(=N)N)CC1OC. The van der Waals surface area contributed by atoms with Crippen molar-refractivity contribution in [1.29, 1.82) is 5.41 Å². The van der Waals surface area contributed by atoms with E-state index in [9.17, 15) is 0 Å². The number of methoxy groups -OCH3 is 1. The van der Waals surface area contributed by atoms with E-state index in [0.717, 1.165) is 0 Å². The summed E-state index contributed by atoms with van der Waals surface area (Å²) in [6.07, 6.45) is 0.0720. The molecule has 0 amide bonds. The maximum Gasteiger partial charge on any atom is 0.188 e. The Morgan fingerprint density at radius 3 is 2.62 bits per heavy atom. The van der Waals surface area contributed by atoms with Gasteiger partial charge in [-0.2, -0.15) is 0 Å². The van der Waals surface area contributed by atoms with E-state index in [1.54, 1.807) is 12.0 Å². The van der Waals surface area contributed by atoms with Crippen molar-refractivity contribution < 1.29 is 9.47 Å². The van der Waals surface area contributed by atoms with Gasteiger partial charge in [0, 0.05) is 26.8 Å². The molecule has 0 aromatic carbocycles. The van der Waals surface area contributed by atoms with Crippen molar-refractivity contribution in [2.45, 2.75) is 19.1 Å². The van der Waals surface area contributed by atoms with Crippen molar-refractivity contribution in [3.8, 4) is 0 Å². The van der Waals surface area contributed by atoms with Gasteiger partial charge in [0.05, 0.1) is 0 Å². The van der Waals surface area contributed by atoms with Gasteiger partial charge in [0.1, 0.15) is 12.2 Å². The lowest BCUT2D eigenvalue weighted by atomic mass is 10.2. The zero-order valence-corrected chi connectivity index (χ0v) is 8.12. The fourth-order valence-corrected chi connectivity index (χ4v) is 1.54. The van der Waals surface area contributed by atoms with Crippen molar-refractivity contribution in [2.75, 3.05) is 26.8 Å². The second-order valence-corrected chi connectivity index (χ2v) is 3.06. The molecule has 5 nitrogen and oxygen atoms in total. The number of hydrogen-bond donors (Lipinski definition) is 2. The topological polar surface area (TPSA) is 71.6 Å². The van der Waals surface area contributed by atoms with E-state index in [1.807, 2.05) is 6.92 Å². The van der Waals surface area contributed by atoms with Crippen molar-refractivity contribution >= 4 is 5.96 Å². The van der Waals surface area contributed by atoms with Crippen LogP contribution in [-0.2, 0) is 9.47 Å². The van der Waals surface area contributed by atoms with E-state index in [1.165, 1.54) is 0 Å². The van der Waals surface area contributed by atoms with Crippen LogP contribution in [0.2, 0.25) is 0 Å². The molecule has 0 radical (unpaired) electrons. The van der Waals surface area contributed by atoms with Gasteiger partial charge in [0.25, 0.3) is 0 Å². The van der Waals surface area contributed by atoms with Crippen LogP contribution in [0.3, 0.4) is 0 Å². The summed E-state index contributed by atoms with van der Waals surface area (Å²) >= 11 is 0. The second kappa shape index (κ2) is 4.43. The highest BCUT2D eigenvalue weighted by Crippen LogP contribution is 2.15. The summed E-state index contributed by atoms with van der Waals surface area (Å²) in [7, 11) is 1.65. The van der Waals surface area contributed by atoms with Gasteiger partial charge in [0.2, 0.25) is 0 Å². The van der Waals surface area contributed by atoms with Crippen LogP contribution in [0.4, 0.5) is 0 Å². The third kappa shape index (κ3) is 2.32. The molecule has 5 heteroatoms. The molecular formula is C8H17N3O2. The molecule has 1 fully saturated rings. The highest BCUT2D eigenvalue weighted by atomic mass is 16.5. The number of nitrogens with two attached hydrogens (primary N) is 1. The van der Waals surface area contributed by atoms with Crippen LogP contribution < -0.4 is 5.73 Å². The number of rotatable bonds is 3. The van der Waals surface area contributed by atoms with Gasteiger partial charge in [-0.05, 0) is 6.92 Å². The molecule has 0 aromatic heterocycles. The Bertz CT molecular complexity index is 186. The second-order valence-electron chi connectivity index (χ2n) is 3.06. The van der Waals surface area contributed by atoms with E-state index in [0.29, 0.717) is 19.7 Å². The third-order valence-electron chi connectivity index (χ3n) is 2.24. The number of likely N-dealkylation sites (tertiary alicyclic amines) is 1. The summed E-state index contributed by atoms with van der Waals surface area (Å²) in [5.41, 5.74) is 5.37. The summed E-state index contributed by atoms with van der Waals surface area (Å²) in [6, 6.07) is 0. The van der Waals surface area contributed by atoms with Crippen molar-refractivity contribution in [1.82, 2.24) is 4.90 Å². The normalized spacial score (nSPS) is 28.0. The van der Waals surface area contributed by atoms with Crippen molar-refractivity contribution in [3.63, 3.8) is 0 Å². The van der Waals surface area contributed by atoms with E-state index in [2.05, 4.69) is 0 Å². The fraction of sp³-hybridized carbons (Fsp3) is 0.875. The van der Waals surface area contributed by atoms with Gasteiger partial charge < -0.3 is 20.1 Å². The maximum absolute atomic E-state index is 7.27. The van der Waals surface area contributed by atoms with Gasteiger partial charge in [-0.15, -0.1) is 0 Å². The zero-order chi connectivity index (χ0) is 9.84. The van der Waals surface area contributed by atoms with Crippen LogP contribution in [0.15, 0.2) is 0 Å². The minimum absolute atomic E-state index is 0.0313. The van der Waals surface area contributed by atoms with E-state index in [4.69, 9.17) is 20.6 Å².